The van der Waals surface area contributed by atoms with E-state index < -0.39 is 16.9 Å². The molecule has 1 aromatic rings. The fourth-order valence-corrected chi connectivity index (χ4v) is 1.63. The number of rotatable bonds is 5. The van der Waals surface area contributed by atoms with E-state index in [0.717, 1.165) is 0 Å². The van der Waals surface area contributed by atoms with Crippen LogP contribution in [0.5, 0.6) is 0 Å². The number of benzene rings is 1. The maximum Gasteiger partial charge on any atom is 0.282 e. The second kappa shape index (κ2) is 6.11. The number of aryl methyl sites for hydroxylation is 1. The number of hydrogen-bond acceptors (Lipinski definition) is 4. The lowest BCUT2D eigenvalue weighted by Gasteiger charge is -2.14. The fourth-order valence-electron chi connectivity index (χ4n) is 1.63. The van der Waals surface area contributed by atoms with Crippen LogP contribution < -0.4 is 5.32 Å². The Morgan fingerprint density at radius 1 is 1.56 bits per heavy atom. The smallest absolute Gasteiger partial charge is 0.282 e. The molecule has 0 unspecified atom stereocenters. The van der Waals surface area contributed by atoms with Gasteiger partial charge in [-0.05, 0) is 18.9 Å². The molecule has 1 rings (SSSR count). The molecule has 0 spiro atoms. The Labute approximate surface area is 105 Å². The number of amides is 1. The highest BCUT2D eigenvalue weighted by molar-refractivity contribution is 5.99. The second-order valence-corrected chi connectivity index (χ2v) is 3.99. The van der Waals surface area contributed by atoms with Crippen molar-refractivity contribution >= 4 is 11.6 Å². The standard InChI is InChI=1S/C12H16N2O4/c1-3-9(7-15)13-12(16)11-8(2)5-4-6-10(11)14(17)18/h4-6,9,15H,3,7H2,1-2H3,(H,13,16)/t9-/m0/s1. The lowest BCUT2D eigenvalue weighted by atomic mass is 10.1. The van der Waals surface area contributed by atoms with Crippen LogP contribution in [0, 0.1) is 17.0 Å². The molecule has 2 N–H and O–H groups in total. The first-order chi connectivity index (χ1) is 8.51. The highest BCUT2D eigenvalue weighted by Crippen LogP contribution is 2.21. The van der Waals surface area contributed by atoms with Gasteiger partial charge in [0, 0.05) is 6.07 Å². The van der Waals surface area contributed by atoms with E-state index in [2.05, 4.69) is 5.32 Å². The average Bonchev–Trinajstić information content (AvgIpc) is 2.35. The summed E-state index contributed by atoms with van der Waals surface area (Å²) >= 11 is 0. The molecule has 0 heterocycles. The van der Waals surface area contributed by atoms with Gasteiger partial charge in [0.1, 0.15) is 5.56 Å². The van der Waals surface area contributed by atoms with Gasteiger partial charge >= 0.3 is 0 Å². The van der Waals surface area contributed by atoms with Gasteiger partial charge < -0.3 is 10.4 Å². The summed E-state index contributed by atoms with van der Waals surface area (Å²) in [5, 5.41) is 22.5. The molecule has 0 bridgehead atoms. The maximum atomic E-state index is 12.0. The van der Waals surface area contributed by atoms with E-state index in [0.29, 0.717) is 12.0 Å². The zero-order valence-corrected chi connectivity index (χ0v) is 10.3. The molecule has 0 saturated carbocycles. The van der Waals surface area contributed by atoms with E-state index in [1.54, 1.807) is 13.0 Å². The Hall–Kier alpha value is -1.95. The average molecular weight is 252 g/mol. The van der Waals surface area contributed by atoms with Crippen LogP contribution in [0.4, 0.5) is 5.69 Å². The number of aliphatic hydroxyl groups is 1. The second-order valence-electron chi connectivity index (χ2n) is 3.99. The van der Waals surface area contributed by atoms with Crippen molar-refractivity contribution < 1.29 is 14.8 Å². The lowest BCUT2D eigenvalue weighted by molar-refractivity contribution is -0.385. The van der Waals surface area contributed by atoms with Gasteiger partial charge in [0.05, 0.1) is 17.6 Å². The molecule has 6 heteroatoms. The van der Waals surface area contributed by atoms with Crippen molar-refractivity contribution in [2.24, 2.45) is 0 Å². The molecule has 98 valence electrons. The summed E-state index contributed by atoms with van der Waals surface area (Å²) in [6, 6.07) is 4.08. The predicted octanol–water partition coefficient (Wildman–Crippen LogP) is 1.40. The molecule has 0 aromatic heterocycles. The summed E-state index contributed by atoms with van der Waals surface area (Å²) in [6.45, 7) is 3.26. The van der Waals surface area contributed by atoms with E-state index in [1.165, 1.54) is 12.1 Å². The van der Waals surface area contributed by atoms with Crippen molar-refractivity contribution in [1.82, 2.24) is 5.32 Å². The molecule has 0 fully saturated rings. The number of nitro groups is 1. The van der Waals surface area contributed by atoms with E-state index >= 15 is 0 Å². The Kier molecular flexibility index (Phi) is 4.79. The van der Waals surface area contributed by atoms with Crippen LogP contribution in [-0.2, 0) is 0 Å². The largest absolute Gasteiger partial charge is 0.394 e. The van der Waals surface area contributed by atoms with E-state index in [9.17, 15) is 14.9 Å². The monoisotopic (exact) mass is 252 g/mol. The molecule has 1 amide bonds. The first-order valence-corrected chi connectivity index (χ1v) is 5.67. The zero-order valence-electron chi connectivity index (χ0n) is 10.3. The third-order valence-electron chi connectivity index (χ3n) is 2.72. The van der Waals surface area contributed by atoms with Crippen molar-refractivity contribution in [3.63, 3.8) is 0 Å². The fraction of sp³-hybridized carbons (Fsp3) is 0.417. The third-order valence-corrected chi connectivity index (χ3v) is 2.72. The Bertz CT molecular complexity index is 455. The number of carbonyl (C=O) groups is 1. The molecular formula is C12H16N2O4. The minimum Gasteiger partial charge on any atom is -0.394 e. The molecule has 1 atom stereocenters. The summed E-state index contributed by atoms with van der Waals surface area (Å²) in [6.07, 6.45) is 0.557. The SMILES string of the molecule is CC[C@@H](CO)NC(=O)c1c(C)cccc1[N+](=O)[O-]. The van der Waals surface area contributed by atoms with Crippen LogP contribution in [0.1, 0.15) is 29.3 Å². The Morgan fingerprint density at radius 2 is 2.22 bits per heavy atom. The number of carbonyl (C=O) groups excluding carboxylic acids is 1. The summed E-state index contributed by atoms with van der Waals surface area (Å²) < 4.78 is 0. The van der Waals surface area contributed by atoms with Crippen LogP contribution in [0.3, 0.4) is 0 Å². The van der Waals surface area contributed by atoms with Crippen LogP contribution in [0.15, 0.2) is 18.2 Å². The van der Waals surface area contributed by atoms with Crippen LogP contribution in [0.25, 0.3) is 0 Å². The minimum absolute atomic E-state index is 0.0504. The molecule has 0 aliphatic rings. The van der Waals surface area contributed by atoms with Crippen LogP contribution in [0.2, 0.25) is 0 Å². The Balaban J connectivity index is 3.08. The molecular weight excluding hydrogens is 236 g/mol. The van der Waals surface area contributed by atoms with Gasteiger partial charge in [0.15, 0.2) is 0 Å². The molecule has 1 aromatic carbocycles. The number of hydrogen-bond donors (Lipinski definition) is 2. The molecule has 0 saturated heterocycles. The van der Waals surface area contributed by atoms with Gasteiger partial charge in [-0.25, -0.2) is 0 Å². The number of nitro benzene ring substituents is 1. The van der Waals surface area contributed by atoms with Gasteiger partial charge in [0.2, 0.25) is 0 Å². The first-order valence-electron chi connectivity index (χ1n) is 5.67. The van der Waals surface area contributed by atoms with Crippen molar-refractivity contribution in [2.75, 3.05) is 6.61 Å². The van der Waals surface area contributed by atoms with Crippen LogP contribution in [-0.4, -0.2) is 28.6 Å². The highest BCUT2D eigenvalue weighted by Gasteiger charge is 2.23. The highest BCUT2D eigenvalue weighted by atomic mass is 16.6. The number of nitrogens with zero attached hydrogens (tertiary/aromatic N) is 1. The molecule has 6 nitrogen and oxygen atoms in total. The van der Waals surface area contributed by atoms with E-state index in [4.69, 9.17) is 5.11 Å². The van der Waals surface area contributed by atoms with Crippen molar-refractivity contribution in [3.05, 3.63) is 39.4 Å². The summed E-state index contributed by atoms with van der Waals surface area (Å²) in [5.41, 5.74) is 0.365. The third kappa shape index (κ3) is 3.04. The summed E-state index contributed by atoms with van der Waals surface area (Å²) in [7, 11) is 0. The quantitative estimate of drug-likeness (QED) is 0.612. The van der Waals surface area contributed by atoms with E-state index in [1.807, 2.05) is 6.92 Å². The van der Waals surface area contributed by atoms with Gasteiger partial charge in [-0.2, -0.15) is 0 Å². The van der Waals surface area contributed by atoms with Crippen molar-refractivity contribution in [3.8, 4) is 0 Å². The van der Waals surface area contributed by atoms with Gasteiger partial charge in [-0.3, -0.25) is 14.9 Å². The Morgan fingerprint density at radius 3 is 2.72 bits per heavy atom. The molecule has 0 radical (unpaired) electrons. The molecule has 0 aliphatic carbocycles. The minimum atomic E-state index is -0.582. The molecule has 0 aliphatic heterocycles. The lowest BCUT2D eigenvalue weighted by Crippen LogP contribution is -2.37. The summed E-state index contributed by atoms with van der Waals surface area (Å²) in [4.78, 5) is 22.3. The van der Waals surface area contributed by atoms with E-state index in [-0.39, 0.29) is 17.9 Å². The predicted molar refractivity (Wildman–Crippen MR) is 66.5 cm³/mol. The topological polar surface area (TPSA) is 92.5 Å². The number of nitrogens with one attached hydrogen (secondary N) is 1. The van der Waals surface area contributed by atoms with Gasteiger partial charge in [-0.15, -0.1) is 0 Å². The zero-order chi connectivity index (χ0) is 13.7. The van der Waals surface area contributed by atoms with Crippen molar-refractivity contribution in [2.45, 2.75) is 26.3 Å². The van der Waals surface area contributed by atoms with Gasteiger partial charge in [-0.1, -0.05) is 19.1 Å². The van der Waals surface area contributed by atoms with Crippen LogP contribution >= 0.6 is 0 Å². The molecule has 18 heavy (non-hydrogen) atoms. The normalized spacial score (nSPS) is 11.9. The van der Waals surface area contributed by atoms with Crippen molar-refractivity contribution in [1.29, 1.82) is 0 Å². The maximum absolute atomic E-state index is 12.0. The summed E-state index contributed by atoms with van der Waals surface area (Å²) in [5.74, 6) is -0.527. The first kappa shape index (κ1) is 14.1. The number of aliphatic hydroxyl groups excluding tert-OH is 1. The van der Waals surface area contributed by atoms with Gasteiger partial charge in [0.25, 0.3) is 11.6 Å².